The maximum absolute atomic E-state index is 14.1. The smallest absolute Gasteiger partial charge is 0.312 e. The molecule has 4 atom stereocenters. The van der Waals surface area contributed by atoms with Gasteiger partial charge in [0.1, 0.15) is 23.6 Å². The van der Waals surface area contributed by atoms with Crippen molar-refractivity contribution < 1.29 is 28.6 Å². The zero-order valence-corrected chi connectivity index (χ0v) is 20.6. The average molecular weight is 499 g/mol. The van der Waals surface area contributed by atoms with Gasteiger partial charge in [0.05, 0.1) is 32.3 Å². The predicted octanol–water partition coefficient (Wildman–Crippen LogP) is 3.22. The number of amides is 2. The molecule has 3 unspecified atom stereocenters. The van der Waals surface area contributed by atoms with Crippen LogP contribution in [0.2, 0.25) is 5.02 Å². The molecule has 2 aromatic rings. The van der Waals surface area contributed by atoms with E-state index in [1.807, 2.05) is 24.3 Å². The number of hydrogen-bond acceptors (Lipinski definition) is 6. The second kappa shape index (κ2) is 8.75. The van der Waals surface area contributed by atoms with Crippen LogP contribution in [0.1, 0.15) is 31.0 Å². The maximum atomic E-state index is 14.1. The fraction of sp³-hybridized carbons (Fsp3) is 0.423. The Morgan fingerprint density at radius 1 is 1.20 bits per heavy atom. The molecule has 2 aromatic carbocycles. The molecule has 0 bridgehead atoms. The van der Waals surface area contributed by atoms with E-state index in [1.54, 1.807) is 44.1 Å². The summed E-state index contributed by atoms with van der Waals surface area (Å²) >= 11 is 6.29. The van der Waals surface area contributed by atoms with Gasteiger partial charge in [-0.05, 0) is 49.7 Å². The summed E-state index contributed by atoms with van der Waals surface area (Å²) in [6.07, 6.45) is 0. The molecule has 8 nitrogen and oxygen atoms in total. The van der Waals surface area contributed by atoms with Gasteiger partial charge in [-0.1, -0.05) is 23.7 Å². The number of benzene rings is 2. The van der Waals surface area contributed by atoms with E-state index in [2.05, 4.69) is 0 Å². The Bertz CT molecular complexity index is 1180. The molecular formula is C26H27ClN2O6. The summed E-state index contributed by atoms with van der Waals surface area (Å²) in [6.45, 7) is 3.91. The SMILES string of the molecule is CCOC(=O)C1C2COc3ccc(Cl)cc3C2N2C(=O)CN(Cc3ccc(OC)cc3)C(=O)[C@@]12C. The highest BCUT2D eigenvalue weighted by atomic mass is 35.5. The number of nitrogens with zero attached hydrogens (tertiary/aromatic N) is 2. The second-order valence-electron chi connectivity index (χ2n) is 9.25. The predicted molar refractivity (Wildman–Crippen MR) is 127 cm³/mol. The molecule has 0 aromatic heterocycles. The fourth-order valence-electron chi connectivity index (χ4n) is 5.85. The standard InChI is InChI=1S/C26H27ClN2O6/c1-4-34-24(31)22-19-14-35-20-10-7-16(27)11-18(20)23(19)29-21(30)13-28(25(32)26(22,29)2)12-15-5-8-17(33-3)9-6-15/h5-11,19,22-23H,4,12-14H2,1-3H3/t19?,22?,23?,26-/m1/s1. The van der Waals surface area contributed by atoms with Gasteiger partial charge in [-0.25, -0.2) is 0 Å². The van der Waals surface area contributed by atoms with Crippen LogP contribution in [-0.4, -0.2) is 60.0 Å². The van der Waals surface area contributed by atoms with E-state index in [1.165, 1.54) is 4.90 Å². The van der Waals surface area contributed by atoms with Crippen molar-refractivity contribution >= 4 is 29.4 Å². The van der Waals surface area contributed by atoms with Crippen molar-refractivity contribution in [1.82, 2.24) is 9.80 Å². The van der Waals surface area contributed by atoms with Crippen LogP contribution in [0.3, 0.4) is 0 Å². The Morgan fingerprint density at radius 2 is 1.94 bits per heavy atom. The monoisotopic (exact) mass is 498 g/mol. The molecule has 2 fully saturated rings. The van der Waals surface area contributed by atoms with E-state index >= 15 is 0 Å². The molecule has 0 spiro atoms. The van der Waals surface area contributed by atoms with Gasteiger partial charge in [-0.15, -0.1) is 0 Å². The number of fused-ring (bicyclic) bond motifs is 5. The number of hydrogen-bond donors (Lipinski definition) is 0. The first-order valence-corrected chi connectivity index (χ1v) is 12.0. The third kappa shape index (κ3) is 3.62. The third-order valence-corrected chi connectivity index (χ3v) is 7.56. The number of methoxy groups -OCH3 is 1. The Balaban J connectivity index is 1.57. The highest BCUT2D eigenvalue weighted by molar-refractivity contribution is 6.30. The maximum Gasteiger partial charge on any atom is 0.312 e. The van der Waals surface area contributed by atoms with Gasteiger partial charge >= 0.3 is 5.97 Å². The van der Waals surface area contributed by atoms with E-state index in [4.69, 9.17) is 25.8 Å². The van der Waals surface area contributed by atoms with Crippen LogP contribution >= 0.6 is 11.6 Å². The number of carbonyl (C=O) groups is 3. The van der Waals surface area contributed by atoms with Crippen molar-refractivity contribution in [3.05, 3.63) is 58.6 Å². The summed E-state index contributed by atoms with van der Waals surface area (Å²) in [5.41, 5.74) is 0.139. The molecule has 0 aliphatic carbocycles. The van der Waals surface area contributed by atoms with Crippen LogP contribution in [0.4, 0.5) is 0 Å². The molecular weight excluding hydrogens is 472 g/mol. The molecule has 0 N–H and O–H groups in total. The summed E-state index contributed by atoms with van der Waals surface area (Å²) in [5.74, 6) is -1.04. The van der Waals surface area contributed by atoms with Gasteiger partial charge in [0.2, 0.25) is 11.8 Å². The van der Waals surface area contributed by atoms with Crippen molar-refractivity contribution in [3.63, 3.8) is 0 Å². The number of carbonyl (C=O) groups excluding carboxylic acids is 3. The van der Waals surface area contributed by atoms with E-state index < -0.39 is 29.4 Å². The van der Waals surface area contributed by atoms with Gasteiger partial charge in [-0.3, -0.25) is 14.4 Å². The summed E-state index contributed by atoms with van der Waals surface area (Å²) < 4.78 is 16.6. The van der Waals surface area contributed by atoms with Gasteiger partial charge < -0.3 is 24.0 Å². The zero-order chi connectivity index (χ0) is 24.9. The quantitative estimate of drug-likeness (QED) is 0.588. The molecule has 35 heavy (non-hydrogen) atoms. The number of halogens is 1. The lowest BCUT2D eigenvalue weighted by atomic mass is 9.77. The van der Waals surface area contributed by atoms with Gasteiger partial charge in [-0.2, -0.15) is 0 Å². The van der Waals surface area contributed by atoms with Crippen molar-refractivity contribution in [2.24, 2.45) is 11.8 Å². The number of rotatable bonds is 5. The van der Waals surface area contributed by atoms with E-state index in [9.17, 15) is 14.4 Å². The first-order valence-electron chi connectivity index (χ1n) is 11.6. The Kier molecular flexibility index (Phi) is 5.87. The van der Waals surface area contributed by atoms with Crippen molar-refractivity contribution in [1.29, 1.82) is 0 Å². The Labute approximate surface area is 208 Å². The van der Waals surface area contributed by atoms with Crippen LogP contribution in [0, 0.1) is 11.8 Å². The minimum atomic E-state index is -1.42. The average Bonchev–Trinajstić information content (AvgIpc) is 3.13. The molecule has 9 heteroatoms. The van der Waals surface area contributed by atoms with Crippen LogP contribution < -0.4 is 9.47 Å². The number of esters is 1. The summed E-state index contributed by atoms with van der Waals surface area (Å²) in [6, 6.07) is 12.0. The van der Waals surface area contributed by atoms with Gasteiger partial charge in [0.15, 0.2) is 0 Å². The van der Waals surface area contributed by atoms with Crippen molar-refractivity contribution in [2.45, 2.75) is 32.0 Å². The molecule has 3 aliphatic heterocycles. The molecule has 0 saturated carbocycles. The van der Waals surface area contributed by atoms with Crippen LogP contribution in [-0.2, 0) is 25.7 Å². The van der Waals surface area contributed by atoms with Gasteiger partial charge in [0, 0.05) is 23.0 Å². The lowest BCUT2D eigenvalue weighted by Crippen LogP contribution is -2.67. The first-order chi connectivity index (χ1) is 16.8. The molecule has 0 radical (unpaired) electrons. The van der Waals surface area contributed by atoms with E-state index in [0.29, 0.717) is 22.1 Å². The number of piperazine rings is 1. The van der Waals surface area contributed by atoms with Crippen LogP contribution in [0.5, 0.6) is 11.5 Å². The summed E-state index contributed by atoms with van der Waals surface area (Å²) in [5, 5.41) is 0.492. The fourth-order valence-corrected chi connectivity index (χ4v) is 6.03. The Morgan fingerprint density at radius 3 is 2.63 bits per heavy atom. The molecule has 2 saturated heterocycles. The minimum Gasteiger partial charge on any atom is -0.497 e. The first kappa shape index (κ1) is 23.5. The van der Waals surface area contributed by atoms with Gasteiger partial charge in [0.25, 0.3) is 0 Å². The van der Waals surface area contributed by atoms with Crippen LogP contribution in [0.15, 0.2) is 42.5 Å². The van der Waals surface area contributed by atoms with E-state index in [0.717, 1.165) is 5.56 Å². The molecule has 3 aliphatic rings. The number of ether oxygens (including phenoxy) is 3. The second-order valence-corrected chi connectivity index (χ2v) is 9.69. The zero-order valence-electron chi connectivity index (χ0n) is 19.8. The van der Waals surface area contributed by atoms with Crippen molar-refractivity contribution in [2.75, 3.05) is 26.9 Å². The largest absolute Gasteiger partial charge is 0.497 e. The van der Waals surface area contributed by atoms with Crippen LogP contribution in [0.25, 0.3) is 0 Å². The highest BCUT2D eigenvalue weighted by Gasteiger charge is 2.69. The molecule has 3 heterocycles. The normalized spacial score (nSPS) is 27.0. The van der Waals surface area contributed by atoms with E-state index in [-0.39, 0.29) is 38.1 Å². The Hall–Kier alpha value is -3.26. The lowest BCUT2D eigenvalue weighted by molar-refractivity contribution is -0.170. The lowest BCUT2D eigenvalue weighted by Gasteiger charge is -2.47. The molecule has 2 amide bonds. The van der Waals surface area contributed by atoms with Crippen molar-refractivity contribution in [3.8, 4) is 11.5 Å². The highest BCUT2D eigenvalue weighted by Crippen LogP contribution is 2.57. The minimum absolute atomic E-state index is 0.0873. The summed E-state index contributed by atoms with van der Waals surface area (Å²) in [4.78, 5) is 44.2. The molecule has 5 rings (SSSR count). The topological polar surface area (TPSA) is 85.4 Å². The third-order valence-electron chi connectivity index (χ3n) is 7.33. The summed E-state index contributed by atoms with van der Waals surface area (Å²) in [7, 11) is 1.58. The molecule has 184 valence electrons.